The highest BCUT2D eigenvalue weighted by Gasteiger charge is 2.36. The Bertz CT molecular complexity index is 727. The number of rotatable bonds is 3. The summed E-state index contributed by atoms with van der Waals surface area (Å²) in [6.07, 6.45) is 2.69. The van der Waals surface area contributed by atoms with Crippen molar-refractivity contribution < 1.29 is 4.42 Å². The molecule has 5 heteroatoms. The Morgan fingerprint density at radius 3 is 2.85 bits per heavy atom. The summed E-state index contributed by atoms with van der Waals surface area (Å²) in [6.45, 7) is 4.02. The molecule has 20 heavy (non-hydrogen) atoms. The van der Waals surface area contributed by atoms with Crippen molar-refractivity contribution >= 4 is 12.0 Å². The first-order valence-corrected chi connectivity index (χ1v) is 6.68. The molecule has 1 aliphatic carbocycles. The summed E-state index contributed by atoms with van der Waals surface area (Å²) < 4.78 is 6.86. The zero-order chi connectivity index (χ0) is 14.3. The summed E-state index contributed by atoms with van der Waals surface area (Å²) in [5.74, 6) is 3.16. The first-order chi connectivity index (χ1) is 9.54. The Kier molecular flexibility index (Phi) is 2.97. The number of pyridine rings is 1. The third kappa shape index (κ3) is 2.39. The van der Waals surface area contributed by atoms with Gasteiger partial charge in [0.25, 0.3) is 5.56 Å². The second-order valence-corrected chi connectivity index (χ2v) is 5.41. The Labute approximate surface area is 116 Å². The normalized spacial score (nSPS) is 21.5. The third-order valence-electron chi connectivity index (χ3n) is 3.60. The molecule has 2 heterocycles. The molecule has 2 atom stereocenters. The average molecular weight is 271 g/mol. The van der Waals surface area contributed by atoms with E-state index in [-0.39, 0.29) is 5.56 Å². The molecule has 0 bridgehead atoms. The Morgan fingerprint density at radius 2 is 2.20 bits per heavy atom. The van der Waals surface area contributed by atoms with Crippen molar-refractivity contribution in [2.24, 2.45) is 11.0 Å². The molecular formula is C15H17N3O2. The minimum absolute atomic E-state index is 0.249. The first kappa shape index (κ1) is 12.7. The predicted molar refractivity (Wildman–Crippen MR) is 78.1 cm³/mol. The number of nitrogens with two attached hydrogens (primary N) is 1. The second kappa shape index (κ2) is 4.67. The van der Waals surface area contributed by atoms with Gasteiger partial charge in [-0.3, -0.25) is 4.79 Å². The van der Waals surface area contributed by atoms with Gasteiger partial charge in [-0.2, -0.15) is 9.78 Å². The van der Waals surface area contributed by atoms with E-state index in [2.05, 4.69) is 12.0 Å². The lowest BCUT2D eigenvalue weighted by molar-refractivity contribution is 0.500. The Balaban J connectivity index is 1.84. The lowest BCUT2D eigenvalue weighted by Crippen LogP contribution is -2.19. The number of anilines is 1. The van der Waals surface area contributed by atoms with E-state index in [1.54, 1.807) is 6.07 Å². The maximum atomic E-state index is 11.8. The minimum Gasteiger partial charge on any atom is -0.460 e. The topological polar surface area (TPSA) is 73.5 Å². The van der Waals surface area contributed by atoms with Crippen LogP contribution in [0.2, 0.25) is 0 Å². The van der Waals surface area contributed by atoms with E-state index >= 15 is 0 Å². The van der Waals surface area contributed by atoms with Gasteiger partial charge in [0.2, 0.25) is 0 Å². The summed E-state index contributed by atoms with van der Waals surface area (Å²) >= 11 is 0. The van der Waals surface area contributed by atoms with Crippen molar-refractivity contribution in [2.45, 2.75) is 26.2 Å². The van der Waals surface area contributed by atoms with Gasteiger partial charge in [-0.15, -0.1) is 0 Å². The van der Waals surface area contributed by atoms with Gasteiger partial charge >= 0.3 is 0 Å². The van der Waals surface area contributed by atoms with Crippen molar-refractivity contribution in [3.8, 4) is 0 Å². The van der Waals surface area contributed by atoms with Crippen LogP contribution in [0.3, 0.4) is 0 Å². The van der Waals surface area contributed by atoms with Crippen LogP contribution in [0.15, 0.2) is 38.6 Å². The van der Waals surface area contributed by atoms with Crippen LogP contribution in [0.5, 0.6) is 0 Å². The maximum absolute atomic E-state index is 11.8. The lowest BCUT2D eigenvalue weighted by atomic mass is 10.3. The number of aromatic nitrogens is 1. The number of furan rings is 1. The summed E-state index contributed by atoms with van der Waals surface area (Å²) in [5.41, 5.74) is 6.36. The van der Waals surface area contributed by atoms with Crippen molar-refractivity contribution in [3.63, 3.8) is 0 Å². The Hall–Kier alpha value is -2.30. The number of aryl methyl sites for hydroxylation is 1. The SMILES string of the molecule is Cc1cc(N)n(/N=C\c2ccc([C@H]3C[C@@H]3C)o2)c(=O)c1. The van der Waals surface area contributed by atoms with Crippen LogP contribution in [0.1, 0.15) is 36.3 Å². The summed E-state index contributed by atoms with van der Waals surface area (Å²) in [4.78, 5) is 11.8. The summed E-state index contributed by atoms with van der Waals surface area (Å²) in [7, 11) is 0. The molecule has 1 saturated carbocycles. The van der Waals surface area contributed by atoms with Gasteiger partial charge < -0.3 is 10.2 Å². The molecule has 1 fully saturated rings. The fourth-order valence-corrected chi connectivity index (χ4v) is 2.31. The van der Waals surface area contributed by atoms with Crippen molar-refractivity contribution in [1.82, 2.24) is 4.68 Å². The lowest BCUT2D eigenvalue weighted by Gasteiger charge is -2.02. The number of hydrogen-bond donors (Lipinski definition) is 1. The highest BCUT2D eigenvalue weighted by molar-refractivity contribution is 5.76. The van der Waals surface area contributed by atoms with Crippen molar-refractivity contribution in [2.75, 3.05) is 5.73 Å². The fraction of sp³-hybridized carbons (Fsp3) is 0.333. The smallest absolute Gasteiger partial charge is 0.273 e. The monoisotopic (exact) mass is 271 g/mol. The molecule has 5 nitrogen and oxygen atoms in total. The number of nitrogens with zero attached hydrogens (tertiary/aromatic N) is 2. The molecule has 0 amide bonds. The number of hydrogen-bond acceptors (Lipinski definition) is 4. The molecule has 1 aliphatic rings. The van der Waals surface area contributed by atoms with Gasteiger partial charge in [0.05, 0.1) is 6.21 Å². The molecule has 2 aromatic rings. The maximum Gasteiger partial charge on any atom is 0.273 e. The van der Waals surface area contributed by atoms with E-state index < -0.39 is 0 Å². The fourth-order valence-electron chi connectivity index (χ4n) is 2.31. The van der Waals surface area contributed by atoms with E-state index in [4.69, 9.17) is 10.2 Å². The van der Waals surface area contributed by atoms with Gasteiger partial charge in [0, 0.05) is 12.0 Å². The molecule has 104 valence electrons. The van der Waals surface area contributed by atoms with Gasteiger partial charge in [0.1, 0.15) is 17.3 Å². The van der Waals surface area contributed by atoms with Gasteiger partial charge in [-0.05, 0) is 43.0 Å². The Morgan fingerprint density at radius 1 is 1.45 bits per heavy atom. The van der Waals surface area contributed by atoms with Gasteiger partial charge in [-0.1, -0.05) is 6.92 Å². The van der Waals surface area contributed by atoms with Crippen LogP contribution in [-0.4, -0.2) is 10.9 Å². The molecular weight excluding hydrogens is 254 g/mol. The van der Waals surface area contributed by atoms with Crippen LogP contribution >= 0.6 is 0 Å². The van der Waals surface area contributed by atoms with Crippen LogP contribution in [0.25, 0.3) is 0 Å². The molecule has 0 radical (unpaired) electrons. The predicted octanol–water partition coefficient (Wildman–Crippen LogP) is 2.34. The van der Waals surface area contributed by atoms with E-state index in [9.17, 15) is 4.79 Å². The van der Waals surface area contributed by atoms with Crippen LogP contribution in [-0.2, 0) is 0 Å². The quantitative estimate of drug-likeness (QED) is 0.871. The van der Waals surface area contributed by atoms with Crippen molar-refractivity contribution in [3.05, 3.63) is 51.7 Å². The highest BCUT2D eigenvalue weighted by Crippen LogP contribution is 2.47. The third-order valence-corrected chi connectivity index (χ3v) is 3.60. The van der Waals surface area contributed by atoms with E-state index in [1.165, 1.54) is 18.7 Å². The minimum atomic E-state index is -0.249. The van der Waals surface area contributed by atoms with Gasteiger partial charge in [0.15, 0.2) is 0 Å². The van der Waals surface area contributed by atoms with Crippen LogP contribution in [0, 0.1) is 12.8 Å². The number of nitrogen functional groups attached to an aromatic ring is 1. The summed E-state index contributed by atoms with van der Waals surface area (Å²) in [5, 5.41) is 4.09. The van der Waals surface area contributed by atoms with E-state index in [0.717, 1.165) is 16.0 Å². The molecule has 0 aliphatic heterocycles. The largest absolute Gasteiger partial charge is 0.460 e. The molecule has 3 rings (SSSR count). The zero-order valence-electron chi connectivity index (χ0n) is 11.5. The molecule has 0 aromatic carbocycles. The van der Waals surface area contributed by atoms with Crippen LogP contribution < -0.4 is 11.3 Å². The summed E-state index contributed by atoms with van der Waals surface area (Å²) in [6, 6.07) is 7.03. The average Bonchev–Trinajstić information content (AvgIpc) is 2.92. The standard InChI is InChI=1S/C15H17N3O2/c1-9-5-14(16)18(15(19)6-9)17-8-11-3-4-13(20-11)12-7-10(12)2/h3-6,8,10,12H,7,16H2,1-2H3/b17-8-/t10-,12-/m0/s1. The van der Waals surface area contributed by atoms with Gasteiger partial charge in [-0.25, -0.2) is 0 Å². The first-order valence-electron chi connectivity index (χ1n) is 6.68. The highest BCUT2D eigenvalue weighted by atomic mass is 16.3. The molecule has 0 saturated heterocycles. The molecule has 0 unspecified atom stereocenters. The van der Waals surface area contributed by atoms with Crippen molar-refractivity contribution in [1.29, 1.82) is 0 Å². The van der Waals surface area contributed by atoms with Crippen LogP contribution in [0.4, 0.5) is 5.82 Å². The van der Waals surface area contributed by atoms with E-state index in [0.29, 0.717) is 23.4 Å². The van der Waals surface area contributed by atoms with E-state index in [1.807, 2.05) is 19.1 Å². The molecule has 2 aromatic heterocycles. The zero-order valence-corrected chi connectivity index (χ0v) is 11.5. The molecule has 0 spiro atoms. The molecule has 2 N–H and O–H groups in total. The second-order valence-electron chi connectivity index (χ2n) is 5.41.